The van der Waals surface area contributed by atoms with E-state index < -0.39 is 18.7 Å². The molecule has 0 unspecified atom stereocenters. The van der Waals surface area contributed by atoms with Gasteiger partial charge in [-0.1, -0.05) is 61.3 Å². The number of nitrogens with one attached hydrogen (secondary N) is 1. The molecule has 2 aromatic carbocycles. The van der Waals surface area contributed by atoms with E-state index in [1.807, 2.05) is 44.2 Å². The summed E-state index contributed by atoms with van der Waals surface area (Å²) in [5.41, 5.74) is 5.24. The summed E-state index contributed by atoms with van der Waals surface area (Å²) in [4.78, 5) is 21.7. The van der Waals surface area contributed by atoms with Crippen molar-refractivity contribution in [3.8, 4) is 11.3 Å². The maximum Gasteiger partial charge on any atom is 0.332 e. The molecule has 33 heavy (non-hydrogen) atoms. The fourth-order valence-corrected chi connectivity index (χ4v) is 4.70. The van der Waals surface area contributed by atoms with E-state index >= 15 is 0 Å². The van der Waals surface area contributed by atoms with Gasteiger partial charge in [0, 0.05) is 17.0 Å². The van der Waals surface area contributed by atoms with E-state index in [-0.39, 0.29) is 6.04 Å². The van der Waals surface area contributed by atoms with Gasteiger partial charge in [0.1, 0.15) is 18.5 Å². The first-order valence-corrected chi connectivity index (χ1v) is 11.7. The van der Waals surface area contributed by atoms with Crippen molar-refractivity contribution >= 4 is 35.0 Å². The third-order valence-corrected chi connectivity index (χ3v) is 6.33. The maximum atomic E-state index is 11.8. The number of aliphatic hydroxyl groups is 1. The number of nitrogens with zero attached hydrogens (tertiary/aromatic N) is 2. The molecular formula is C25H25Cl2N3O3. The van der Waals surface area contributed by atoms with Crippen LogP contribution in [0.25, 0.3) is 11.3 Å². The third-order valence-electron chi connectivity index (χ3n) is 5.78. The molecule has 0 fully saturated rings. The van der Waals surface area contributed by atoms with Gasteiger partial charge in [0.2, 0.25) is 0 Å². The predicted molar refractivity (Wildman–Crippen MR) is 130 cm³/mol. The third kappa shape index (κ3) is 4.83. The van der Waals surface area contributed by atoms with Crippen molar-refractivity contribution < 1.29 is 14.6 Å². The van der Waals surface area contributed by atoms with Crippen LogP contribution in [0.2, 0.25) is 10.0 Å². The highest BCUT2D eigenvalue weighted by molar-refractivity contribution is 6.36. The molecular weight excluding hydrogens is 461 g/mol. The van der Waals surface area contributed by atoms with Gasteiger partial charge < -0.3 is 15.2 Å². The summed E-state index contributed by atoms with van der Waals surface area (Å²) < 4.78 is 5.55. The highest BCUT2D eigenvalue weighted by atomic mass is 35.5. The lowest BCUT2D eigenvalue weighted by atomic mass is 10.1. The zero-order chi connectivity index (χ0) is 23.5. The number of carbonyl (C=O) groups excluding carboxylic acids is 1. The summed E-state index contributed by atoms with van der Waals surface area (Å²) in [7, 11) is 0. The number of rotatable bonds is 7. The average Bonchev–Trinajstić information content (AvgIpc) is 3.15. The highest BCUT2D eigenvalue weighted by Gasteiger charge is 2.36. The molecule has 0 amide bonds. The lowest BCUT2D eigenvalue weighted by molar-refractivity contribution is -0.152. The van der Waals surface area contributed by atoms with Crippen LogP contribution < -0.4 is 5.32 Å². The largest absolute Gasteiger partial charge is 0.458 e. The summed E-state index contributed by atoms with van der Waals surface area (Å²) >= 11 is 12.5. The monoisotopic (exact) mass is 485 g/mol. The zero-order valence-corrected chi connectivity index (χ0v) is 20.0. The van der Waals surface area contributed by atoms with Crippen molar-refractivity contribution in [1.82, 2.24) is 9.97 Å². The van der Waals surface area contributed by atoms with Gasteiger partial charge in [0.15, 0.2) is 0 Å². The topological polar surface area (TPSA) is 84.3 Å². The van der Waals surface area contributed by atoms with Gasteiger partial charge in [-0.3, -0.25) is 0 Å². The quantitative estimate of drug-likeness (QED) is 0.448. The Hall–Kier alpha value is -2.67. The molecule has 1 aliphatic carbocycles. The first-order valence-electron chi connectivity index (χ1n) is 10.9. The Kier molecular flexibility index (Phi) is 7.17. The van der Waals surface area contributed by atoms with E-state index in [1.165, 1.54) is 0 Å². The number of hydrogen-bond donors (Lipinski definition) is 2. The Balaban J connectivity index is 1.74. The fraction of sp³-hybridized carbons (Fsp3) is 0.320. The molecule has 0 aliphatic heterocycles. The number of ether oxygens (including phenoxy) is 1. The Bertz CT molecular complexity index is 1190. The van der Waals surface area contributed by atoms with E-state index in [1.54, 1.807) is 12.1 Å². The lowest BCUT2D eigenvalue weighted by Gasteiger charge is -2.24. The van der Waals surface area contributed by atoms with Gasteiger partial charge in [-0.15, -0.1) is 0 Å². The van der Waals surface area contributed by atoms with Crippen LogP contribution in [0.15, 0.2) is 42.5 Å². The van der Waals surface area contributed by atoms with Gasteiger partial charge in [-0.2, -0.15) is 0 Å². The molecule has 1 aromatic heterocycles. The molecule has 0 saturated heterocycles. The van der Waals surface area contributed by atoms with Crippen molar-refractivity contribution in [1.29, 1.82) is 0 Å². The minimum Gasteiger partial charge on any atom is -0.458 e. The average molecular weight is 486 g/mol. The van der Waals surface area contributed by atoms with Crippen LogP contribution in [0.5, 0.6) is 0 Å². The second-order valence-electron chi connectivity index (χ2n) is 7.86. The van der Waals surface area contributed by atoms with Crippen LogP contribution in [0.4, 0.5) is 5.82 Å². The van der Waals surface area contributed by atoms with Crippen LogP contribution in [0.3, 0.4) is 0 Å². The highest BCUT2D eigenvalue weighted by Crippen LogP contribution is 2.38. The molecule has 172 valence electrons. The molecule has 2 N–H and O–H groups in total. The van der Waals surface area contributed by atoms with E-state index in [2.05, 4.69) is 5.32 Å². The number of aryl methyl sites for hydroxylation is 2. The second kappa shape index (κ2) is 10.1. The molecule has 0 spiro atoms. The summed E-state index contributed by atoms with van der Waals surface area (Å²) in [6.07, 6.45) is 1.41. The Labute approximate surface area is 202 Å². The van der Waals surface area contributed by atoms with Crippen molar-refractivity contribution in [2.45, 2.75) is 45.3 Å². The normalized spacial score (nSPS) is 17.0. The predicted octanol–water partition coefficient (Wildman–Crippen LogP) is 5.19. The molecule has 4 rings (SSSR count). The summed E-state index contributed by atoms with van der Waals surface area (Å²) in [6.45, 7) is 3.37. The molecule has 3 aromatic rings. The Morgan fingerprint density at radius 1 is 1.12 bits per heavy atom. The van der Waals surface area contributed by atoms with E-state index in [4.69, 9.17) is 37.9 Å². The molecule has 8 heteroatoms. The van der Waals surface area contributed by atoms with E-state index in [0.29, 0.717) is 35.1 Å². The molecule has 6 nitrogen and oxygen atoms in total. The molecule has 0 bridgehead atoms. The van der Waals surface area contributed by atoms with Crippen LogP contribution in [-0.4, -0.2) is 33.8 Å². The molecule has 0 radical (unpaired) electrons. The maximum absolute atomic E-state index is 11.8. The molecule has 0 saturated carbocycles. The van der Waals surface area contributed by atoms with Crippen molar-refractivity contribution in [2.75, 3.05) is 11.9 Å². The number of anilines is 1. The van der Waals surface area contributed by atoms with Crippen LogP contribution >= 0.6 is 23.2 Å². The number of fused-ring (bicyclic) bond motifs is 1. The minimum atomic E-state index is -0.657. The number of esters is 1. The fourth-order valence-electron chi connectivity index (χ4n) is 4.20. The second-order valence-corrected chi connectivity index (χ2v) is 8.70. The zero-order valence-electron chi connectivity index (χ0n) is 18.4. The molecule has 1 heterocycles. The summed E-state index contributed by atoms with van der Waals surface area (Å²) in [5, 5.41) is 13.8. The van der Waals surface area contributed by atoms with Gasteiger partial charge in [0.25, 0.3) is 0 Å². The van der Waals surface area contributed by atoms with E-state index in [0.717, 1.165) is 33.8 Å². The van der Waals surface area contributed by atoms with Gasteiger partial charge in [0.05, 0.1) is 28.1 Å². The number of carbonyl (C=O) groups is 1. The number of hydrogen-bond acceptors (Lipinski definition) is 6. The minimum absolute atomic E-state index is 0.300. The van der Waals surface area contributed by atoms with Crippen LogP contribution in [0, 0.1) is 0 Å². The van der Waals surface area contributed by atoms with Crippen molar-refractivity contribution in [3.05, 3.63) is 75.0 Å². The Morgan fingerprint density at radius 3 is 2.58 bits per heavy atom. The molecule has 1 aliphatic rings. The summed E-state index contributed by atoms with van der Waals surface area (Å²) in [6, 6.07) is 13.0. The number of benzene rings is 2. The summed E-state index contributed by atoms with van der Waals surface area (Å²) in [5.74, 6) is -0.00156. The first-order chi connectivity index (χ1) is 15.9. The first kappa shape index (κ1) is 23.5. The van der Waals surface area contributed by atoms with Crippen LogP contribution in [-0.2, 0) is 28.8 Å². The van der Waals surface area contributed by atoms with Crippen LogP contribution in [0.1, 0.15) is 42.4 Å². The van der Waals surface area contributed by atoms with E-state index in [9.17, 15) is 9.90 Å². The number of halogens is 2. The van der Waals surface area contributed by atoms with Gasteiger partial charge >= 0.3 is 5.97 Å². The van der Waals surface area contributed by atoms with Crippen molar-refractivity contribution in [3.63, 3.8) is 0 Å². The Morgan fingerprint density at radius 2 is 1.88 bits per heavy atom. The number of aromatic nitrogens is 2. The standard InChI is InChI=1S/C25H25Cl2N3O3/c1-3-19-23(17-10-9-15(26)12-18(17)27)28-20(4-2)25(29-19)30-24-16-8-6-5-7-14(16)11-21(24)33-22(32)13-31/h5-10,12,21,24,31H,3-4,11,13H2,1-2H3,(H,29,30)/t21-,24-/m0/s1. The lowest BCUT2D eigenvalue weighted by Crippen LogP contribution is -2.29. The smallest absolute Gasteiger partial charge is 0.332 e. The van der Waals surface area contributed by atoms with Gasteiger partial charge in [-0.25, -0.2) is 14.8 Å². The van der Waals surface area contributed by atoms with Crippen molar-refractivity contribution in [2.24, 2.45) is 0 Å². The number of aliphatic hydroxyl groups excluding tert-OH is 1. The SMILES string of the molecule is CCc1nc(-c2ccc(Cl)cc2Cl)c(CC)nc1N[C@H]1c2ccccc2C[C@@H]1OC(=O)CO. The van der Waals surface area contributed by atoms with Gasteiger partial charge in [-0.05, 0) is 42.2 Å². The molecule has 2 atom stereocenters.